The monoisotopic (exact) mass is 328 g/mol. The highest BCUT2D eigenvalue weighted by Gasteiger charge is 2.15. The maximum absolute atomic E-state index is 11.8. The number of anilines is 1. The third kappa shape index (κ3) is 3.03. The fourth-order valence-electron chi connectivity index (χ4n) is 1.63. The molecule has 2 aromatic rings. The summed E-state index contributed by atoms with van der Waals surface area (Å²) in [4.78, 5) is 28.2. The molecule has 2 rings (SSSR count). The number of halogens is 1. The van der Waals surface area contributed by atoms with Crippen LogP contribution in [0.25, 0.3) is 11.0 Å². The lowest BCUT2D eigenvalue weighted by Crippen LogP contribution is -2.39. The lowest BCUT2D eigenvalue weighted by atomic mass is 10.2. The van der Waals surface area contributed by atoms with E-state index in [9.17, 15) is 9.59 Å². The summed E-state index contributed by atoms with van der Waals surface area (Å²) in [6.07, 6.45) is 0. The fourth-order valence-corrected chi connectivity index (χ4v) is 2.07. The Balaban J connectivity index is 2.27. The molecule has 0 bridgehead atoms. The Morgan fingerprint density at radius 2 is 2.11 bits per heavy atom. The minimum Gasteiger partial charge on any atom is -0.383 e. The lowest BCUT2D eigenvalue weighted by Gasteiger charge is -2.12. The number of nitrogens with two attached hydrogens (primary N) is 1. The fraction of sp³-hybridized carbons (Fsp3) is 0.273. The van der Waals surface area contributed by atoms with Crippen LogP contribution in [-0.4, -0.2) is 35.6 Å². The van der Waals surface area contributed by atoms with Gasteiger partial charge < -0.3 is 25.8 Å². The van der Waals surface area contributed by atoms with Gasteiger partial charge in [0, 0.05) is 11.6 Å². The van der Waals surface area contributed by atoms with E-state index in [1.807, 2.05) is 0 Å². The first-order valence-electron chi connectivity index (χ1n) is 5.48. The molecule has 5 N–H and O–H groups in total. The summed E-state index contributed by atoms with van der Waals surface area (Å²) in [6.45, 7) is 0.132. The number of carbonyl (C=O) groups is 1. The Labute approximate surface area is 116 Å². The summed E-state index contributed by atoms with van der Waals surface area (Å²) in [5.41, 5.74) is 7.10. The summed E-state index contributed by atoms with van der Waals surface area (Å²) in [5.74, 6) is -0.361. The molecule has 0 saturated carbocycles. The molecule has 0 aliphatic rings. The second-order valence-corrected chi connectivity index (χ2v) is 4.86. The van der Waals surface area contributed by atoms with Crippen LogP contribution in [-0.2, 0) is 9.53 Å². The number of amides is 1. The predicted octanol–water partition coefficient (Wildman–Crippen LogP) is 0.531. The average molecular weight is 329 g/mol. The first-order valence-corrected chi connectivity index (χ1v) is 6.27. The van der Waals surface area contributed by atoms with Gasteiger partial charge in [0.1, 0.15) is 6.04 Å². The van der Waals surface area contributed by atoms with Gasteiger partial charge in [-0.1, -0.05) is 0 Å². The van der Waals surface area contributed by atoms with Crippen molar-refractivity contribution >= 4 is 38.6 Å². The SMILES string of the molecule is COCC(N)C(=O)Nc1cc2[nH]c(=O)[nH]c2cc1Br. The zero-order chi connectivity index (χ0) is 14.0. The first kappa shape index (κ1) is 13.8. The highest BCUT2D eigenvalue weighted by Crippen LogP contribution is 2.26. The summed E-state index contributed by atoms with van der Waals surface area (Å²) in [7, 11) is 1.47. The average Bonchev–Trinajstić information content (AvgIpc) is 2.69. The lowest BCUT2D eigenvalue weighted by molar-refractivity contribution is -0.118. The number of H-pyrrole nitrogens is 2. The molecule has 7 nitrogen and oxygen atoms in total. The molecule has 1 heterocycles. The maximum atomic E-state index is 11.8. The van der Waals surface area contributed by atoms with Crippen molar-refractivity contribution in [3.8, 4) is 0 Å². The van der Waals surface area contributed by atoms with E-state index in [4.69, 9.17) is 10.5 Å². The number of nitrogens with one attached hydrogen (secondary N) is 3. The molecule has 102 valence electrons. The largest absolute Gasteiger partial charge is 0.383 e. The van der Waals surface area contributed by atoms with Crippen molar-refractivity contribution in [1.82, 2.24) is 9.97 Å². The van der Waals surface area contributed by atoms with Crippen molar-refractivity contribution < 1.29 is 9.53 Å². The van der Waals surface area contributed by atoms with E-state index in [0.29, 0.717) is 21.2 Å². The Bertz CT molecular complexity index is 663. The number of ether oxygens (including phenoxy) is 1. The van der Waals surface area contributed by atoms with Gasteiger partial charge in [-0.3, -0.25) is 4.79 Å². The molecule has 0 fully saturated rings. The quantitative estimate of drug-likeness (QED) is 0.655. The van der Waals surface area contributed by atoms with Crippen LogP contribution < -0.4 is 16.7 Å². The Kier molecular flexibility index (Phi) is 4.03. The molecule has 1 amide bonds. The van der Waals surface area contributed by atoms with Crippen LogP contribution >= 0.6 is 15.9 Å². The molecule has 1 aromatic heterocycles. The van der Waals surface area contributed by atoms with Crippen LogP contribution in [0.2, 0.25) is 0 Å². The van der Waals surface area contributed by atoms with Gasteiger partial charge in [-0.2, -0.15) is 0 Å². The Hall–Kier alpha value is -1.64. The highest BCUT2D eigenvalue weighted by atomic mass is 79.9. The van der Waals surface area contributed by atoms with Crippen molar-refractivity contribution in [2.45, 2.75) is 6.04 Å². The van der Waals surface area contributed by atoms with Crippen LogP contribution in [0.1, 0.15) is 0 Å². The number of aromatic nitrogens is 2. The minimum atomic E-state index is -0.752. The summed E-state index contributed by atoms with van der Waals surface area (Å²) in [5, 5.41) is 2.67. The van der Waals surface area contributed by atoms with Crippen LogP contribution in [0, 0.1) is 0 Å². The smallest absolute Gasteiger partial charge is 0.323 e. The van der Waals surface area contributed by atoms with Crippen molar-refractivity contribution in [3.05, 3.63) is 27.1 Å². The second-order valence-electron chi connectivity index (χ2n) is 4.01. The van der Waals surface area contributed by atoms with Gasteiger partial charge in [-0.25, -0.2) is 4.79 Å². The molecule has 0 spiro atoms. The summed E-state index contributed by atoms with van der Waals surface area (Å²) < 4.78 is 5.46. The number of hydrogen-bond donors (Lipinski definition) is 4. The van der Waals surface area contributed by atoms with E-state index in [0.717, 1.165) is 0 Å². The summed E-state index contributed by atoms with van der Waals surface area (Å²) in [6, 6.07) is 2.59. The van der Waals surface area contributed by atoms with Crippen molar-refractivity contribution in [1.29, 1.82) is 0 Å². The zero-order valence-corrected chi connectivity index (χ0v) is 11.7. The van der Waals surface area contributed by atoms with Crippen LogP contribution in [0.4, 0.5) is 5.69 Å². The van der Waals surface area contributed by atoms with Gasteiger partial charge in [-0.15, -0.1) is 0 Å². The molecule has 1 aromatic carbocycles. The normalized spacial score (nSPS) is 12.6. The highest BCUT2D eigenvalue weighted by molar-refractivity contribution is 9.10. The van der Waals surface area contributed by atoms with Crippen molar-refractivity contribution in [3.63, 3.8) is 0 Å². The molecule has 0 aliphatic carbocycles. The minimum absolute atomic E-state index is 0.132. The van der Waals surface area contributed by atoms with E-state index in [2.05, 4.69) is 31.2 Å². The van der Waals surface area contributed by atoms with Gasteiger partial charge in [0.05, 0.1) is 23.3 Å². The number of carbonyl (C=O) groups excluding carboxylic acids is 1. The van der Waals surface area contributed by atoms with Crippen molar-refractivity contribution in [2.75, 3.05) is 19.0 Å². The Morgan fingerprint density at radius 1 is 1.47 bits per heavy atom. The molecule has 0 saturated heterocycles. The predicted molar refractivity (Wildman–Crippen MR) is 75.1 cm³/mol. The molecule has 0 aliphatic heterocycles. The zero-order valence-electron chi connectivity index (χ0n) is 10.1. The van der Waals surface area contributed by atoms with Crippen molar-refractivity contribution in [2.24, 2.45) is 5.73 Å². The van der Waals surface area contributed by atoms with Crippen LogP contribution in [0.15, 0.2) is 21.4 Å². The Morgan fingerprint density at radius 3 is 2.74 bits per heavy atom. The third-order valence-corrected chi connectivity index (χ3v) is 3.20. The molecule has 0 radical (unpaired) electrons. The van der Waals surface area contributed by atoms with Gasteiger partial charge in [0.25, 0.3) is 0 Å². The van der Waals surface area contributed by atoms with E-state index >= 15 is 0 Å². The van der Waals surface area contributed by atoms with Crippen LogP contribution in [0.3, 0.4) is 0 Å². The summed E-state index contributed by atoms with van der Waals surface area (Å²) >= 11 is 3.32. The number of hydrogen-bond acceptors (Lipinski definition) is 4. The molecule has 1 unspecified atom stereocenters. The van der Waals surface area contributed by atoms with Gasteiger partial charge in [0.2, 0.25) is 5.91 Å². The van der Waals surface area contributed by atoms with Gasteiger partial charge in [-0.05, 0) is 28.1 Å². The number of methoxy groups -OCH3 is 1. The van der Waals surface area contributed by atoms with Crippen LogP contribution in [0.5, 0.6) is 0 Å². The van der Waals surface area contributed by atoms with Gasteiger partial charge >= 0.3 is 5.69 Å². The van der Waals surface area contributed by atoms with Gasteiger partial charge in [0.15, 0.2) is 0 Å². The number of fused-ring (bicyclic) bond motifs is 1. The number of aromatic amines is 2. The van der Waals surface area contributed by atoms with E-state index in [1.54, 1.807) is 12.1 Å². The van der Waals surface area contributed by atoms with E-state index in [-0.39, 0.29) is 18.2 Å². The van der Waals surface area contributed by atoms with E-state index in [1.165, 1.54) is 7.11 Å². The molecule has 8 heteroatoms. The third-order valence-electron chi connectivity index (χ3n) is 2.54. The number of imidazole rings is 1. The number of benzene rings is 1. The molecule has 1 atom stereocenters. The second kappa shape index (κ2) is 5.55. The topological polar surface area (TPSA) is 113 Å². The standard InChI is InChI=1S/C11H13BrN4O3/c1-19-4-6(13)10(17)14-7-3-9-8(2-5(7)12)15-11(18)16-9/h2-3,6H,4,13H2,1H3,(H,14,17)(H2,15,16,18). The maximum Gasteiger partial charge on any atom is 0.323 e. The molecular weight excluding hydrogens is 316 g/mol. The number of rotatable bonds is 4. The molecule has 19 heavy (non-hydrogen) atoms. The first-order chi connectivity index (χ1) is 9.01. The van der Waals surface area contributed by atoms with E-state index < -0.39 is 6.04 Å². The molecular formula is C11H13BrN4O3.